The molecule has 0 saturated carbocycles. The van der Waals surface area contributed by atoms with Crippen LogP contribution < -0.4 is 5.56 Å². The van der Waals surface area contributed by atoms with Gasteiger partial charge in [-0.15, -0.1) is 0 Å². The monoisotopic (exact) mass is 212 g/mol. The van der Waals surface area contributed by atoms with Crippen molar-refractivity contribution >= 4 is 11.7 Å². The minimum atomic E-state index is -0.925. The van der Waals surface area contributed by atoms with Crippen LogP contribution in [-0.4, -0.2) is 22.5 Å². The van der Waals surface area contributed by atoms with Crippen LogP contribution >= 0.6 is 0 Å². The number of aromatic amines is 1. The Morgan fingerprint density at radius 3 is 2.87 bits per heavy atom. The molecule has 0 fully saturated rings. The number of rotatable bonds is 3. The van der Waals surface area contributed by atoms with Gasteiger partial charge in [0.05, 0.1) is 11.5 Å². The average Bonchev–Trinajstić information content (AvgIpc) is 2.17. The lowest BCUT2D eigenvalue weighted by Gasteiger charge is -2.01. The van der Waals surface area contributed by atoms with Crippen LogP contribution in [0.5, 0.6) is 0 Å². The first-order valence-corrected chi connectivity index (χ1v) is 4.11. The fourth-order valence-corrected chi connectivity index (χ4v) is 1.03. The molecule has 1 N–H and O–H groups in total. The van der Waals surface area contributed by atoms with Gasteiger partial charge in [0.1, 0.15) is 5.56 Å². The minimum absolute atomic E-state index is 0.0861. The van der Waals surface area contributed by atoms with Crippen LogP contribution in [0.1, 0.15) is 17.3 Å². The van der Waals surface area contributed by atoms with Crippen LogP contribution in [0.15, 0.2) is 17.1 Å². The SMILES string of the molecule is CCOC(=O)c1cc[nH]c(=O)c1[N+](=O)[O-]. The summed E-state index contributed by atoms with van der Waals surface area (Å²) in [6.45, 7) is 1.65. The van der Waals surface area contributed by atoms with Crippen LogP contribution in [0.25, 0.3) is 0 Å². The molecule has 0 radical (unpaired) electrons. The van der Waals surface area contributed by atoms with E-state index in [-0.39, 0.29) is 12.2 Å². The number of pyridine rings is 1. The normalized spacial score (nSPS) is 9.67. The van der Waals surface area contributed by atoms with Crippen LogP contribution in [-0.2, 0) is 4.74 Å². The third kappa shape index (κ3) is 2.19. The molecule has 1 heterocycles. The summed E-state index contributed by atoms with van der Waals surface area (Å²) >= 11 is 0. The van der Waals surface area contributed by atoms with Gasteiger partial charge < -0.3 is 9.72 Å². The summed E-state index contributed by atoms with van der Waals surface area (Å²) in [4.78, 5) is 34.1. The maximum Gasteiger partial charge on any atom is 0.348 e. The summed E-state index contributed by atoms with van der Waals surface area (Å²) in [6, 6.07) is 1.14. The first-order valence-electron chi connectivity index (χ1n) is 4.11. The molecule has 1 rings (SSSR count). The van der Waals surface area contributed by atoms with Gasteiger partial charge in [0.2, 0.25) is 0 Å². The number of esters is 1. The molecular weight excluding hydrogens is 204 g/mol. The fraction of sp³-hybridized carbons (Fsp3) is 0.250. The first-order chi connectivity index (χ1) is 7.07. The smallest absolute Gasteiger partial charge is 0.348 e. The molecule has 0 amide bonds. The highest BCUT2D eigenvalue weighted by Crippen LogP contribution is 2.12. The molecule has 0 unspecified atom stereocenters. The van der Waals surface area contributed by atoms with Crippen molar-refractivity contribution in [2.75, 3.05) is 6.61 Å². The van der Waals surface area contributed by atoms with E-state index in [1.165, 1.54) is 0 Å². The number of nitro groups is 1. The Kier molecular flexibility index (Phi) is 3.17. The summed E-state index contributed by atoms with van der Waals surface area (Å²) < 4.78 is 4.58. The van der Waals surface area contributed by atoms with Gasteiger partial charge in [-0.25, -0.2) is 4.79 Å². The van der Waals surface area contributed by atoms with E-state index >= 15 is 0 Å². The van der Waals surface area contributed by atoms with Crippen LogP contribution in [0.3, 0.4) is 0 Å². The number of H-pyrrole nitrogens is 1. The van der Waals surface area contributed by atoms with Crippen LogP contribution in [0.4, 0.5) is 5.69 Å². The number of aromatic nitrogens is 1. The molecule has 1 aromatic heterocycles. The quantitative estimate of drug-likeness (QED) is 0.445. The molecule has 0 aliphatic heterocycles. The lowest BCUT2D eigenvalue weighted by molar-refractivity contribution is -0.386. The molecule has 0 spiro atoms. The minimum Gasteiger partial charge on any atom is -0.462 e. The van der Waals surface area contributed by atoms with Gasteiger partial charge in [0.15, 0.2) is 0 Å². The molecule has 0 aromatic carbocycles. The maximum atomic E-state index is 11.2. The third-order valence-electron chi connectivity index (χ3n) is 1.61. The van der Waals surface area contributed by atoms with Gasteiger partial charge in [-0.1, -0.05) is 0 Å². The predicted molar refractivity (Wildman–Crippen MR) is 49.7 cm³/mol. The van der Waals surface area contributed by atoms with E-state index in [9.17, 15) is 19.7 Å². The van der Waals surface area contributed by atoms with Crippen molar-refractivity contribution in [3.63, 3.8) is 0 Å². The van der Waals surface area contributed by atoms with Gasteiger partial charge in [-0.05, 0) is 13.0 Å². The lowest BCUT2D eigenvalue weighted by atomic mass is 10.2. The van der Waals surface area contributed by atoms with Crippen molar-refractivity contribution in [3.05, 3.63) is 38.3 Å². The van der Waals surface area contributed by atoms with Gasteiger partial charge in [0, 0.05) is 6.20 Å². The van der Waals surface area contributed by atoms with Crippen molar-refractivity contribution in [3.8, 4) is 0 Å². The zero-order chi connectivity index (χ0) is 11.4. The molecule has 0 saturated heterocycles. The second-order valence-corrected chi connectivity index (χ2v) is 2.55. The number of ether oxygens (including phenoxy) is 1. The van der Waals surface area contributed by atoms with E-state index in [0.717, 1.165) is 12.3 Å². The Morgan fingerprint density at radius 1 is 1.67 bits per heavy atom. The van der Waals surface area contributed by atoms with E-state index < -0.39 is 22.1 Å². The summed E-state index contributed by atoms with van der Waals surface area (Å²) in [6.07, 6.45) is 1.15. The molecule has 0 aliphatic carbocycles. The topological polar surface area (TPSA) is 102 Å². The van der Waals surface area contributed by atoms with E-state index in [1.54, 1.807) is 6.92 Å². The third-order valence-corrected chi connectivity index (χ3v) is 1.61. The molecule has 7 nitrogen and oxygen atoms in total. The lowest BCUT2D eigenvalue weighted by Crippen LogP contribution is -2.17. The first kappa shape index (κ1) is 10.9. The van der Waals surface area contributed by atoms with Crippen molar-refractivity contribution < 1.29 is 14.5 Å². The molecule has 0 atom stereocenters. The number of nitrogens with one attached hydrogen (secondary N) is 1. The van der Waals surface area contributed by atoms with Crippen molar-refractivity contribution in [1.82, 2.24) is 4.98 Å². The zero-order valence-electron chi connectivity index (χ0n) is 7.85. The maximum absolute atomic E-state index is 11.2. The standard InChI is InChI=1S/C8H8N2O5/c1-2-15-8(12)5-3-4-9-7(11)6(5)10(13)14/h3-4H,2H2,1H3,(H,9,11). The number of hydrogen-bond acceptors (Lipinski definition) is 5. The highest BCUT2D eigenvalue weighted by molar-refractivity contribution is 5.93. The van der Waals surface area contributed by atoms with Gasteiger partial charge in [-0.3, -0.25) is 14.9 Å². The van der Waals surface area contributed by atoms with Crippen LogP contribution in [0.2, 0.25) is 0 Å². The predicted octanol–water partition coefficient (Wildman–Crippen LogP) is 0.460. The Bertz CT molecular complexity index is 451. The Labute approximate surface area is 83.8 Å². The number of hydrogen-bond donors (Lipinski definition) is 1. The average molecular weight is 212 g/mol. The summed E-state index contributed by atoms with van der Waals surface area (Å²) in [5, 5.41) is 10.5. The van der Waals surface area contributed by atoms with Gasteiger partial charge in [-0.2, -0.15) is 0 Å². The summed E-state index contributed by atoms with van der Waals surface area (Å²) in [5.74, 6) is -0.879. The summed E-state index contributed by atoms with van der Waals surface area (Å²) in [7, 11) is 0. The fourth-order valence-electron chi connectivity index (χ4n) is 1.03. The highest BCUT2D eigenvalue weighted by atomic mass is 16.6. The van der Waals surface area contributed by atoms with Crippen molar-refractivity contribution in [2.45, 2.75) is 6.92 Å². The Balaban J connectivity index is 3.29. The van der Waals surface area contributed by atoms with Crippen LogP contribution in [0, 0.1) is 10.1 Å². The van der Waals surface area contributed by atoms with Gasteiger partial charge in [0.25, 0.3) is 0 Å². The van der Waals surface area contributed by atoms with Crippen molar-refractivity contribution in [1.29, 1.82) is 0 Å². The van der Waals surface area contributed by atoms with E-state index in [0.29, 0.717) is 0 Å². The number of carbonyl (C=O) groups excluding carboxylic acids is 1. The molecule has 15 heavy (non-hydrogen) atoms. The highest BCUT2D eigenvalue weighted by Gasteiger charge is 2.24. The molecule has 80 valence electrons. The van der Waals surface area contributed by atoms with Crippen molar-refractivity contribution in [2.24, 2.45) is 0 Å². The van der Waals surface area contributed by atoms with E-state index in [1.807, 2.05) is 0 Å². The Hall–Kier alpha value is -2.18. The zero-order valence-corrected chi connectivity index (χ0v) is 7.85. The molecule has 0 bridgehead atoms. The number of nitrogens with zero attached hydrogens (tertiary/aromatic N) is 1. The number of carbonyl (C=O) groups is 1. The molecular formula is C8H8N2O5. The molecule has 1 aromatic rings. The second-order valence-electron chi connectivity index (χ2n) is 2.55. The van der Waals surface area contributed by atoms with Gasteiger partial charge >= 0.3 is 17.2 Å². The molecule has 7 heteroatoms. The van der Waals surface area contributed by atoms with E-state index in [4.69, 9.17) is 0 Å². The summed E-state index contributed by atoms with van der Waals surface area (Å²) in [5.41, 5.74) is -2.06. The second kappa shape index (κ2) is 4.36. The molecule has 0 aliphatic rings. The largest absolute Gasteiger partial charge is 0.462 e. The van der Waals surface area contributed by atoms with E-state index in [2.05, 4.69) is 9.72 Å². The Morgan fingerprint density at radius 2 is 2.33 bits per heavy atom.